The van der Waals surface area contributed by atoms with Gasteiger partial charge in [-0.2, -0.15) is 0 Å². The summed E-state index contributed by atoms with van der Waals surface area (Å²) in [6, 6.07) is 9.97. The molecule has 2 N–H and O–H groups in total. The van der Waals surface area contributed by atoms with E-state index in [0.717, 1.165) is 31.2 Å². The van der Waals surface area contributed by atoms with Crippen LogP contribution in [0.25, 0.3) is 0 Å². The molecule has 1 fully saturated rings. The molecule has 0 saturated heterocycles. The lowest BCUT2D eigenvalue weighted by Crippen LogP contribution is -2.38. The largest absolute Gasteiger partial charge is 0.352 e. The fourth-order valence-corrected chi connectivity index (χ4v) is 3.09. The standard InChI is InChI=1S/C19H26N2O2/c1-3-13-20-18(22)16-9-11-17(12-10-16)19(23)21-14(2)15-7-5-4-6-8-15/h3-8,14,16-17H,1,9-13H2,2H3,(H,20,22)(H,21,23). The number of benzene rings is 1. The SMILES string of the molecule is C=CCNC(=O)C1CCC(C(=O)NC(C)c2ccccc2)CC1. The van der Waals surface area contributed by atoms with Crippen LogP contribution in [0, 0.1) is 11.8 Å². The summed E-state index contributed by atoms with van der Waals surface area (Å²) in [7, 11) is 0. The third-order valence-electron chi connectivity index (χ3n) is 4.55. The first-order chi connectivity index (χ1) is 11.1. The van der Waals surface area contributed by atoms with Crippen LogP contribution in [0.1, 0.15) is 44.2 Å². The molecule has 1 atom stereocenters. The van der Waals surface area contributed by atoms with Crippen molar-refractivity contribution in [2.24, 2.45) is 11.8 Å². The van der Waals surface area contributed by atoms with Crippen molar-refractivity contribution >= 4 is 11.8 Å². The molecule has 0 aromatic heterocycles. The van der Waals surface area contributed by atoms with Gasteiger partial charge in [-0.1, -0.05) is 36.4 Å². The van der Waals surface area contributed by atoms with Crippen LogP contribution in [0.2, 0.25) is 0 Å². The summed E-state index contributed by atoms with van der Waals surface area (Å²) in [5.74, 6) is 0.239. The lowest BCUT2D eigenvalue weighted by molar-refractivity contribution is -0.130. The Labute approximate surface area is 138 Å². The molecule has 1 aliphatic rings. The van der Waals surface area contributed by atoms with Gasteiger partial charge in [0.2, 0.25) is 11.8 Å². The summed E-state index contributed by atoms with van der Waals surface area (Å²) in [5.41, 5.74) is 1.11. The van der Waals surface area contributed by atoms with Crippen LogP contribution in [0.4, 0.5) is 0 Å². The summed E-state index contributed by atoms with van der Waals surface area (Å²) in [5, 5.41) is 5.93. The fourth-order valence-electron chi connectivity index (χ4n) is 3.09. The first-order valence-electron chi connectivity index (χ1n) is 8.35. The predicted octanol–water partition coefficient (Wildman–Crippen LogP) is 2.97. The van der Waals surface area contributed by atoms with Gasteiger partial charge in [-0.25, -0.2) is 0 Å². The average Bonchev–Trinajstić information content (AvgIpc) is 2.60. The highest BCUT2D eigenvalue weighted by Gasteiger charge is 2.30. The molecule has 1 aliphatic carbocycles. The van der Waals surface area contributed by atoms with E-state index < -0.39 is 0 Å². The number of rotatable bonds is 6. The minimum absolute atomic E-state index is 0.0114. The Morgan fingerprint density at radius 1 is 1.13 bits per heavy atom. The van der Waals surface area contributed by atoms with Crippen molar-refractivity contribution in [3.63, 3.8) is 0 Å². The van der Waals surface area contributed by atoms with Crippen molar-refractivity contribution in [1.82, 2.24) is 10.6 Å². The molecule has 0 spiro atoms. The zero-order valence-corrected chi connectivity index (χ0v) is 13.8. The van der Waals surface area contributed by atoms with E-state index in [1.807, 2.05) is 37.3 Å². The maximum Gasteiger partial charge on any atom is 0.223 e. The average molecular weight is 314 g/mol. The van der Waals surface area contributed by atoms with Gasteiger partial charge < -0.3 is 10.6 Å². The molecule has 1 saturated carbocycles. The minimum atomic E-state index is 0.0114. The fraction of sp³-hybridized carbons (Fsp3) is 0.474. The number of amides is 2. The van der Waals surface area contributed by atoms with Crippen LogP contribution < -0.4 is 10.6 Å². The number of nitrogens with one attached hydrogen (secondary N) is 2. The van der Waals surface area contributed by atoms with Crippen molar-refractivity contribution in [2.45, 2.75) is 38.6 Å². The molecule has 0 aliphatic heterocycles. The van der Waals surface area contributed by atoms with E-state index in [0.29, 0.717) is 6.54 Å². The first kappa shape index (κ1) is 17.3. The zero-order chi connectivity index (χ0) is 16.7. The summed E-state index contributed by atoms with van der Waals surface area (Å²) in [4.78, 5) is 24.3. The van der Waals surface area contributed by atoms with E-state index in [-0.39, 0.29) is 29.7 Å². The van der Waals surface area contributed by atoms with Crippen LogP contribution in [0.3, 0.4) is 0 Å². The van der Waals surface area contributed by atoms with Gasteiger partial charge in [0.25, 0.3) is 0 Å². The lowest BCUT2D eigenvalue weighted by atomic mass is 9.81. The topological polar surface area (TPSA) is 58.2 Å². The third kappa shape index (κ3) is 4.95. The Morgan fingerprint density at radius 2 is 1.70 bits per heavy atom. The smallest absolute Gasteiger partial charge is 0.223 e. The predicted molar refractivity (Wildman–Crippen MR) is 91.7 cm³/mol. The second-order valence-electron chi connectivity index (χ2n) is 6.22. The molecule has 1 aromatic carbocycles. The molecule has 4 heteroatoms. The molecule has 0 heterocycles. The van der Waals surface area contributed by atoms with E-state index >= 15 is 0 Å². The normalized spacial score (nSPS) is 22.0. The second-order valence-corrected chi connectivity index (χ2v) is 6.22. The van der Waals surface area contributed by atoms with Crippen LogP contribution in [0.5, 0.6) is 0 Å². The van der Waals surface area contributed by atoms with Gasteiger partial charge in [0, 0.05) is 18.4 Å². The Hall–Kier alpha value is -2.10. The quantitative estimate of drug-likeness (QED) is 0.793. The second kappa shape index (κ2) is 8.51. The van der Waals surface area contributed by atoms with Gasteiger partial charge in [0.15, 0.2) is 0 Å². The van der Waals surface area contributed by atoms with E-state index in [1.54, 1.807) is 6.08 Å². The first-order valence-corrected chi connectivity index (χ1v) is 8.35. The zero-order valence-electron chi connectivity index (χ0n) is 13.8. The van der Waals surface area contributed by atoms with Crippen molar-refractivity contribution in [1.29, 1.82) is 0 Å². The van der Waals surface area contributed by atoms with E-state index in [9.17, 15) is 9.59 Å². The Kier molecular flexibility index (Phi) is 6.39. The molecule has 2 amide bonds. The Balaban J connectivity index is 1.79. The van der Waals surface area contributed by atoms with Crippen molar-refractivity contribution in [3.8, 4) is 0 Å². The Bertz CT molecular complexity index is 534. The molecular formula is C19H26N2O2. The van der Waals surface area contributed by atoms with E-state index in [1.165, 1.54) is 0 Å². The molecule has 4 nitrogen and oxygen atoms in total. The number of carbonyl (C=O) groups is 2. The number of hydrogen-bond donors (Lipinski definition) is 2. The lowest BCUT2D eigenvalue weighted by Gasteiger charge is -2.28. The molecule has 0 bridgehead atoms. The van der Waals surface area contributed by atoms with Gasteiger partial charge in [-0.3, -0.25) is 9.59 Å². The number of carbonyl (C=O) groups excluding carboxylic acids is 2. The number of hydrogen-bond acceptors (Lipinski definition) is 2. The monoisotopic (exact) mass is 314 g/mol. The summed E-state index contributed by atoms with van der Waals surface area (Å²) < 4.78 is 0. The summed E-state index contributed by atoms with van der Waals surface area (Å²) in [6.07, 6.45) is 4.79. The summed E-state index contributed by atoms with van der Waals surface area (Å²) >= 11 is 0. The van der Waals surface area contributed by atoms with Crippen LogP contribution in [0.15, 0.2) is 43.0 Å². The van der Waals surface area contributed by atoms with Crippen LogP contribution in [-0.2, 0) is 9.59 Å². The van der Waals surface area contributed by atoms with Crippen LogP contribution >= 0.6 is 0 Å². The highest BCUT2D eigenvalue weighted by Crippen LogP contribution is 2.29. The van der Waals surface area contributed by atoms with Crippen molar-refractivity contribution in [2.75, 3.05) is 6.54 Å². The van der Waals surface area contributed by atoms with Gasteiger partial charge in [-0.05, 0) is 38.2 Å². The van der Waals surface area contributed by atoms with Gasteiger partial charge in [0.1, 0.15) is 0 Å². The molecular weight excluding hydrogens is 288 g/mol. The van der Waals surface area contributed by atoms with E-state index in [2.05, 4.69) is 17.2 Å². The third-order valence-corrected chi connectivity index (χ3v) is 4.55. The maximum absolute atomic E-state index is 12.4. The minimum Gasteiger partial charge on any atom is -0.352 e. The highest BCUT2D eigenvalue weighted by molar-refractivity contribution is 5.81. The molecule has 2 rings (SSSR count). The molecule has 124 valence electrons. The van der Waals surface area contributed by atoms with E-state index in [4.69, 9.17) is 0 Å². The summed E-state index contributed by atoms with van der Waals surface area (Å²) in [6.45, 7) is 6.11. The van der Waals surface area contributed by atoms with Gasteiger partial charge in [-0.15, -0.1) is 6.58 Å². The van der Waals surface area contributed by atoms with Crippen LogP contribution in [-0.4, -0.2) is 18.4 Å². The van der Waals surface area contributed by atoms with Crippen molar-refractivity contribution < 1.29 is 9.59 Å². The molecule has 0 radical (unpaired) electrons. The molecule has 1 unspecified atom stereocenters. The molecule has 23 heavy (non-hydrogen) atoms. The van der Waals surface area contributed by atoms with Crippen molar-refractivity contribution in [3.05, 3.63) is 48.6 Å². The highest BCUT2D eigenvalue weighted by atomic mass is 16.2. The Morgan fingerprint density at radius 3 is 2.26 bits per heavy atom. The maximum atomic E-state index is 12.4. The van der Waals surface area contributed by atoms with Gasteiger partial charge in [0.05, 0.1) is 6.04 Å². The molecule has 1 aromatic rings. The van der Waals surface area contributed by atoms with Gasteiger partial charge >= 0.3 is 0 Å².